The van der Waals surface area contributed by atoms with Crippen LogP contribution in [0.15, 0.2) is 71.8 Å². The van der Waals surface area contributed by atoms with Crippen molar-refractivity contribution in [1.82, 2.24) is 19.7 Å². The number of aromatic nitrogens is 3. The minimum atomic E-state index is -2.70. The number of alkyl halides is 2. The number of hydrogen-bond acceptors (Lipinski definition) is 7. The number of nitrogens with zero attached hydrogens (tertiary/aromatic N) is 5. The fraction of sp³-hybridized carbons (Fsp3) is 0.366. The summed E-state index contributed by atoms with van der Waals surface area (Å²) in [6, 6.07) is 17.3. The minimum Gasteiger partial charge on any atom is -0.497 e. The minimum absolute atomic E-state index is 0.0402. The maximum Gasteiger partial charge on any atom is 0.264 e. The second-order valence-electron chi connectivity index (χ2n) is 14.4. The lowest BCUT2D eigenvalue weighted by Gasteiger charge is -2.34. The van der Waals surface area contributed by atoms with E-state index in [-0.39, 0.29) is 34.9 Å². The molecule has 5 heterocycles. The van der Waals surface area contributed by atoms with E-state index in [0.29, 0.717) is 47.3 Å². The molecule has 1 unspecified atom stereocenters. The molecular weight excluding hydrogens is 678 g/mol. The topological polar surface area (TPSA) is 102 Å². The highest BCUT2D eigenvalue weighted by Gasteiger charge is 2.30. The molecule has 274 valence electrons. The van der Waals surface area contributed by atoms with Crippen molar-refractivity contribution in [2.45, 2.75) is 63.8 Å². The van der Waals surface area contributed by atoms with Crippen LogP contribution in [0.4, 0.5) is 25.8 Å². The molecule has 10 nitrogen and oxygen atoms in total. The van der Waals surface area contributed by atoms with Crippen LogP contribution in [-0.2, 0) is 23.1 Å². The zero-order valence-electron chi connectivity index (χ0n) is 30.1. The number of carbonyl (C=O) groups excluding carboxylic acids is 2. The Morgan fingerprint density at radius 2 is 1.70 bits per heavy atom. The molecule has 0 saturated carbocycles. The largest absolute Gasteiger partial charge is 0.497 e. The molecule has 0 spiro atoms. The van der Waals surface area contributed by atoms with E-state index in [9.17, 15) is 23.2 Å². The van der Waals surface area contributed by atoms with Crippen LogP contribution in [-0.4, -0.2) is 52.9 Å². The predicted molar refractivity (Wildman–Crippen MR) is 200 cm³/mol. The highest BCUT2D eigenvalue weighted by molar-refractivity contribution is 6.01. The number of ether oxygens (including phenoxy) is 1. The molecular formula is C41H42F2N6O4. The van der Waals surface area contributed by atoms with Crippen LogP contribution in [0.2, 0.25) is 0 Å². The van der Waals surface area contributed by atoms with Crippen LogP contribution in [0, 0.1) is 6.92 Å². The molecule has 12 heteroatoms. The van der Waals surface area contributed by atoms with E-state index in [0.717, 1.165) is 72.3 Å². The van der Waals surface area contributed by atoms with Gasteiger partial charge >= 0.3 is 0 Å². The summed E-state index contributed by atoms with van der Waals surface area (Å²) in [6.45, 7) is 4.04. The maximum atomic E-state index is 14.9. The molecule has 3 aliphatic heterocycles. The van der Waals surface area contributed by atoms with Crippen molar-refractivity contribution >= 4 is 39.8 Å². The average Bonchev–Trinajstić information content (AvgIpc) is 3.67. The van der Waals surface area contributed by atoms with Crippen LogP contribution in [0.1, 0.15) is 72.7 Å². The summed E-state index contributed by atoms with van der Waals surface area (Å²) in [5.41, 5.74) is 6.88. The van der Waals surface area contributed by atoms with Crippen molar-refractivity contribution in [3.8, 4) is 16.9 Å². The number of nitrogens with one attached hydrogen (secondary N) is 1. The Labute approximate surface area is 306 Å². The second kappa shape index (κ2) is 13.8. The summed E-state index contributed by atoms with van der Waals surface area (Å²) in [7, 11) is 3.32. The first-order chi connectivity index (χ1) is 25.6. The number of hydrogen-bond donors (Lipinski definition) is 1. The Morgan fingerprint density at radius 1 is 0.925 bits per heavy atom. The fourth-order valence-electron chi connectivity index (χ4n) is 8.34. The lowest BCUT2D eigenvalue weighted by molar-refractivity contribution is -0.134. The number of rotatable bonds is 7. The molecule has 2 aromatic heterocycles. The molecule has 8 rings (SSSR count). The molecule has 5 aromatic rings. The first kappa shape index (κ1) is 34.6. The van der Waals surface area contributed by atoms with Crippen LogP contribution in [0.3, 0.4) is 0 Å². The van der Waals surface area contributed by atoms with Crippen molar-refractivity contribution < 1.29 is 23.1 Å². The van der Waals surface area contributed by atoms with E-state index < -0.39 is 6.43 Å². The first-order valence-corrected chi connectivity index (χ1v) is 18.2. The summed E-state index contributed by atoms with van der Waals surface area (Å²) in [6.07, 6.45) is 5.06. The van der Waals surface area contributed by atoms with Crippen LogP contribution >= 0.6 is 0 Å². The lowest BCUT2D eigenvalue weighted by Crippen LogP contribution is -2.39. The van der Waals surface area contributed by atoms with Gasteiger partial charge in [0, 0.05) is 84.9 Å². The molecule has 2 saturated heterocycles. The average molecular weight is 721 g/mol. The molecule has 1 N–H and O–H groups in total. The van der Waals surface area contributed by atoms with Crippen LogP contribution in [0.25, 0.3) is 22.0 Å². The Morgan fingerprint density at radius 3 is 2.42 bits per heavy atom. The summed E-state index contributed by atoms with van der Waals surface area (Å²) in [5, 5.41) is 7.97. The van der Waals surface area contributed by atoms with Gasteiger partial charge in [-0.1, -0.05) is 12.1 Å². The number of methoxy groups -OCH3 is 1. The Bertz CT molecular complexity index is 2290. The number of piperidine rings is 2. The quantitative estimate of drug-likeness (QED) is 0.179. The zero-order chi connectivity index (χ0) is 37.0. The third-order valence-electron chi connectivity index (χ3n) is 11.3. The Balaban J connectivity index is 1.03. The number of halogens is 2. The fourth-order valence-corrected chi connectivity index (χ4v) is 8.34. The van der Waals surface area contributed by atoms with Crippen molar-refractivity contribution in [1.29, 1.82) is 0 Å². The Hall–Kier alpha value is -5.52. The van der Waals surface area contributed by atoms with Crippen molar-refractivity contribution in [2.75, 3.05) is 36.5 Å². The third-order valence-corrected chi connectivity index (χ3v) is 11.3. The van der Waals surface area contributed by atoms with Crippen molar-refractivity contribution in [3.63, 3.8) is 0 Å². The monoisotopic (exact) mass is 720 g/mol. The van der Waals surface area contributed by atoms with Gasteiger partial charge in [-0.3, -0.25) is 24.4 Å². The number of anilines is 3. The van der Waals surface area contributed by atoms with E-state index >= 15 is 0 Å². The van der Waals surface area contributed by atoms with Gasteiger partial charge in [-0.05, 0) is 86.1 Å². The zero-order valence-corrected chi connectivity index (χ0v) is 30.1. The van der Waals surface area contributed by atoms with Crippen LogP contribution in [0.5, 0.6) is 5.75 Å². The SMILES string of the molecule is COc1cc(N2CCCc3cc(-c4cnn(C5CCN(c6ccc(C7CCC(=O)NC7=O)cc6)CC5)c4)c(C(F)F)cc32)c2cc(C)c(=O)n(C)c2c1. The lowest BCUT2D eigenvalue weighted by atomic mass is 9.90. The number of amides is 2. The van der Waals surface area contributed by atoms with Gasteiger partial charge in [-0.15, -0.1) is 0 Å². The second-order valence-corrected chi connectivity index (χ2v) is 14.4. The summed E-state index contributed by atoms with van der Waals surface area (Å²) >= 11 is 0. The van der Waals surface area contributed by atoms with Crippen molar-refractivity contribution in [3.05, 3.63) is 99.6 Å². The number of pyridine rings is 1. The maximum absolute atomic E-state index is 14.9. The number of benzene rings is 3. The summed E-state index contributed by atoms with van der Waals surface area (Å²) < 4.78 is 39.0. The van der Waals surface area contributed by atoms with E-state index in [1.54, 1.807) is 37.9 Å². The highest BCUT2D eigenvalue weighted by Crippen LogP contribution is 2.44. The van der Waals surface area contributed by atoms with E-state index in [1.165, 1.54) is 0 Å². The molecule has 3 aromatic carbocycles. The molecule has 53 heavy (non-hydrogen) atoms. The van der Waals surface area contributed by atoms with Gasteiger partial charge in [0.1, 0.15) is 5.75 Å². The molecule has 1 atom stereocenters. The standard InChI is InChI=1S/C41H42F2N6O4/c1-24-17-34-36(46(2)41(24)52)19-30(53-3)20-37(34)48-14-4-5-26-18-32(33(39(42)43)21-35(26)48)27-22-44-49(23-27)29-12-15-47(16-13-29)28-8-6-25(7-9-28)31-10-11-38(50)45-40(31)51/h6-9,17-23,29,31,39H,4-5,10-16H2,1-3H3,(H,45,50,51). The number of carbonyl (C=O) groups is 2. The van der Waals surface area contributed by atoms with E-state index in [4.69, 9.17) is 4.74 Å². The molecule has 0 bridgehead atoms. The molecule has 2 amide bonds. The van der Waals surface area contributed by atoms with Gasteiger partial charge < -0.3 is 19.1 Å². The highest BCUT2D eigenvalue weighted by atomic mass is 19.3. The number of imide groups is 1. The van der Waals surface area contributed by atoms with Gasteiger partial charge in [-0.2, -0.15) is 5.10 Å². The smallest absolute Gasteiger partial charge is 0.264 e. The summed E-state index contributed by atoms with van der Waals surface area (Å²) in [4.78, 5) is 41.1. The van der Waals surface area contributed by atoms with Crippen molar-refractivity contribution in [2.24, 2.45) is 7.05 Å². The molecule has 0 radical (unpaired) electrons. The predicted octanol–water partition coefficient (Wildman–Crippen LogP) is 7.10. The van der Waals surface area contributed by atoms with Crippen LogP contribution < -0.4 is 25.4 Å². The van der Waals surface area contributed by atoms with Gasteiger partial charge in [0.15, 0.2) is 0 Å². The van der Waals surface area contributed by atoms with Gasteiger partial charge in [0.25, 0.3) is 12.0 Å². The number of aryl methyl sites for hydroxylation is 3. The van der Waals surface area contributed by atoms with Gasteiger partial charge in [0.2, 0.25) is 11.8 Å². The Kier molecular flexibility index (Phi) is 9.00. The van der Waals surface area contributed by atoms with Gasteiger partial charge in [-0.25, -0.2) is 8.78 Å². The first-order valence-electron chi connectivity index (χ1n) is 18.2. The number of fused-ring (bicyclic) bond motifs is 2. The van der Waals surface area contributed by atoms with E-state index in [2.05, 4.69) is 20.2 Å². The van der Waals surface area contributed by atoms with Gasteiger partial charge in [0.05, 0.1) is 36.5 Å². The van der Waals surface area contributed by atoms with E-state index in [1.807, 2.05) is 59.4 Å². The molecule has 0 aliphatic carbocycles. The molecule has 2 fully saturated rings. The normalized spacial score (nSPS) is 18.1. The summed E-state index contributed by atoms with van der Waals surface area (Å²) in [5.74, 6) is -0.176. The third kappa shape index (κ3) is 6.34. The molecule has 3 aliphatic rings.